The van der Waals surface area contributed by atoms with Gasteiger partial charge in [-0.2, -0.15) is 5.10 Å². The molecule has 0 saturated heterocycles. The second-order valence-corrected chi connectivity index (χ2v) is 4.63. The number of H-pyrrole nitrogens is 1. The number of carbonyl (C=O) groups excluding carboxylic acids is 1. The second-order valence-electron chi connectivity index (χ2n) is 4.63. The summed E-state index contributed by atoms with van der Waals surface area (Å²) in [7, 11) is 0. The zero-order valence-corrected chi connectivity index (χ0v) is 11.2. The van der Waals surface area contributed by atoms with Gasteiger partial charge in [-0.15, -0.1) is 0 Å². The van der Waals surface area contributed by atoms with E-state index in [0.717, 1.165) is 22.4 Å². The Morgan fingerprint density at radius 2 is 2.16 bits per heavy atom. The van der Waals surface area contributed by atoms with Crippen molar-refractivity contribution in [3.8, 4) is 0 Å². The first kappa shape index (κ1) is 13.3. The third-order valence-electron chi connectivity index (χ3n) is 3.08. The number of carbonyl (C=O) groups is 1. The van der Waals surface area contributed by atoms with Crippen LogP contribution in [0.4, 0.5) is 0 Å². The van der Waals surface area contributed by atoms with E-state index < -0.39 is 0 Å². The van der Waals surface area contributed by atoms with Crippen LogP contribution in [-0.4, -0.2) is 21.1 Å². The Bertz CT molecular complexity index is 549. The normalized spacial score (nSPS) is 10.4. The first-order valence-electron chi connectivity index (χ1n) is 6.31. The van der Waals surface area contributed by atoms with Crippen molar-refractivity contribution in [3.63, 3.8) is 0 Å². The Kier molecular flexibility index (Phi) is 4.28. The zero-order valence-electron chi connectivity index (χ0n) is 11.2. The molecule has 0 radical (unpaired) electrons. The number of nitrogens with one attached hydrogen (secondary N) is 2. The van der Waals surface area contributed by atoms with E-state index in [1.807, 2.05) is 13.8 Å². The molecule has 2 N–H and O–H groups in total. The molecule has 2 aromatic rings. The molecule has 0 aliphatic rings. The molecule has 0 bridgehead atoms. The average Bonchev–Trinajstić information content (AvgIpc) is 2.91. The third-order valence-corrected chi connectivity index (χ3v) is 3.08. The molecule has 5 heteroatoms. The van der Waals surface area contributed by atoms with Crippen molar-refractivity contribution in [1.29, 1.82) is 0 Å². The lowest BCUT2D eigenvalue weighted by molar-refractivity contribution is -0.121. The number of pyridine rings is 1. The van der Waals surface area contributed by atoms with Crippen LogP contribution in [0.5, 0.6) is 0 Å². The topological polar surface area (TPSA) is 70.7 Å². The fraction of sp³-hybridized carbons (Fsp3) is 0.357. The van der Waals surface area contributed by atoms with Gasteiger partial charge in [0, 0.05) is 31.1 Å². The summed E-state index contributed by atoms with van der Waals surface area (Å²) >= 11 is 0. The van der Waals surface area contributed by atoms with Crippen molar-refractivity contribution in [2.75, 3.05) is 0 Å². The summed E-state index contributed by atoms with van der Waals surface area (Å²) < 4.78 is 0. The van der Waals surface area contributed by atoms with E-state index in [1.165, 1.54) is 0 Å². The zero-order chi connectivity index (χ0) is 13.7. The minimum absolute atomic E-state index is 0.0411. The molecule has 1 amide bonds. The molecule has 0 aliphatic carbocycles. The van der Waals surface area contributed by atoms with E-state index in [1.54, 1.807) is 18.6 Å². The molecule has 0 fully saturated rings. The highest BCUT2D eigenvalue weighted by Gasteiger charge is 2.04. The number of nitrogens with zero attached hydrogens (tertiary/aromatic N) is 2. The summed E-state index contributed by atoms with van der Waals surface area (Å²) in [5, 5.41) is 9.48. The van der Waals surface area contributed by atoms with Gasteiger partial charge < -0.3 is 5.32 Å². The Balaban J connectivity index is 1.78. The van der Waals surface area contributed by atoms with Crippen molar-refractivity contribution < 1.29 is 4.79 Å². The Morgan fingerprint density at radius 3 is 2.84 bits per heavy atom. The lowest BCUT2D eigenvalue weighted by Crippen LogP contribution is -2.23. The summed E-state index contributed by atoms with van der Waals surface area (Å²) in [4.78, 5) is 16.0. The molecule has 2 rings (SSSR count). The molecule has 5 nitrogen and oxygen atoms in total. The maximum Gasteiger partial charge on any atom is 0.220 e. The molecular weight excluding hydrogens is 240 g/mol. The lowest BCUT2D eigenvalue weighted by Gasteiger charge is -2.06. The minimum Gasteiger partial charge on any atom is -0.352 e. The predicted octanol–water partition coefficient (Wildman–Crippen LogP) is 1.67. The largest absolute Gasteiger partial charge is 0.352 e. The molecule has 2 heterocycles. The molecule has 0 saturated carbocycles. The summed E-state index contributed by atoms with van der Waals surface area (Å²) in [5.74, 6) is 0.0411. The van der Waals surface area contributed by atoms with Gasteiger partial charge in [0.1, 0.15) is 0 Å². The number of rotatable bonds is 5. The summed E-state index contributed by atoms with van der Waals surface area (Å²) in [6.07, 6.45) is 6.52. The van der Waals surface area contributed by atoms with Gasteiger partial charge in [0.25, 0.3) is 0 Å². The number of hydrogen-bond donors (Lipinski definition) is 2. The van der Waals surface area contributed by atoms with Crippen LogP contribution in [0.15, 0.2) is 24.7 Å². The number of aromatic amines is 1. The Hall–Kier alpha value is -2.17. The van der Waals surface area contributed by atoms with Gasteiger partial charge in [-0.1, -0.05) is 6.07 Å². The third kappa shape index (κ3) is 3.91. The molecular formula is C14H18N4O. The van der Waals surface area contributed by atoms with Crippen molar-refractivity contribution in [2.24, 2.45) is 0 Å². The fourth-order valence-electron chi connectivity index (χ4n) is 1.76. The first-order valence-corrected chi connectivity index (χ1v) is 6.31. The summed E-state index contributed by atoms with van der Waals surface area (Å²) in [6, 6.07) is 2.05. The van der Waals surface area contributed by atoms with Crippen LogP contribution >= 0.6 is 0 Å². The lowest BCUT2D eigenvalue weighted by atomic mass is 10.1. The Morgan fingerprint density at radius 1 is 1.32 bits per heavy atom. The van der Waals surface area contributed by atoms with E-state index in [0.29, 0.717) is 19.4 Å². The molecule has 100 valence electrons. The average molecular weight is 258 g/mol. The van der Waals surface area contributed by atoms with Gasteiger partial charge in [0.2, 0.25) is 5.91 Å². The quantitative estimate of drug-likeness (QED) is 0.857. The van der Waals surface area contributed by atoms with Crippen LogP contribution in [0, 0.1) is 13.8 Å². The van der Waals surface area contributed by atoms with Crippen LogP contribution < -0.4 is 5.32 Å². The number of hydrogen-bond acceptors (Lipinski definition) is 3. The highest BCUT2D eigenvalue weighted by atomic mass is 16.1. The smallest absolute Gasteiger partial charge is 0.220 e. The van der Waals surface area contributed by atoms with Crippen molar-refractivity contribution in [3.05, 3.63) is 47.0 Å². The molecule has 0 spiro atoms. The molecule has 19 heavy (non-hydrogen) atoms. The second kappa shape index (κ2) is 6.13. The van der Waals surface area contributed by atoms with Crippen LogP contribution in [0.3, 0.4) is 0 Å². The molecule has 0 aromatic carbocycles. The Labute approximate surface area is 112 Å². The maximum absolute atomic E-state index is 11.7. The van der Waals surface area contributed by atoms with Crippen molar-refractivity contribution in [2.45, 2.75) is 33.2 Å². The van der Waals surface area contributed by atoms with Gasteiger partial charge in [-0.05, 0) is 37.0 Å². The highest BCUT2D eigenvalue weighted by molar-refractivity contribution is 5.76. The van der Waals surface area contributed by atoms with E-state index >= 15 is 0 Å². The monoisotopic (exact) mass is 258 g/mol. The van der Waals surface area contributed by atoms with Gasteiger partial charge in [0.05, 0.1) is 6.20 Å². The van der Waals surface area contributed by atoms with E-state index in [2.05, 4.69) is 26.6 Å². The van der Waals surface area contributed by atoms with Crippen LogP contribution in [0.2, 0.25) is 0 Å². The van der Waals surface area contributed by atoms with Gasteiger partial charge in [0.15, 0.2) is 0 Å². The minimum atomic E-state index is 0.0411. The van der Waals surface area contributed by atoms with Crippen molar-refractivity contribution >= 4 is 5.91 Å². The maximum atomic E-state index is 11.7. The number of aromatic nitrogens is 3. The van der Waals surface area contributed by atoms with E-state index in [4.69, 9.17) is 0 Å². The van der Waals surface area contributed by atoms with E-state index in [9.17, 15) is 4.79 Å². The standard InChI is InChI=1S/C14H18N4O/c1-10-5-13(6-15-11(10)2)7-16-14(19)4-3-12-8-17-18-9-12/h5-6,8-9H,3-4,7H2,1-2H3,(H,16,19)(H,17,18). The van der Waals surface area contributed by atoms with Crippen molar-refractivity contribution in [1.82, 2.24) is 20.5 Å². The fourth-order valence-corrected chi connectivity index (χ4v) is 1.76. The summed E-state index contributed by atoms with van der Waals surface area (Å²) in [5.41, 5.74) is 4.24. The molecule has 2 aromatic heterocycles. The molecule has 0 unspecified atom stereocenters. The van der Waals surface area contributed by atoms with Crippen LogP contribution in [-0.2, 0) is 17.8 Å². The molecule has 0 atom stereocenters. The van der Waals surface area contributed by atoms with Crippen LogP contribution in [0.1, 0.15) is 28.8 Å². The van der Waals surface area contributed by atoms with Gasteiger partial charge >= 0.3 is 0 Å². The van der Waals surface area contributed by atoms with Gasteiger partial charge in [-0.3, -0.25) is 14.9 Å². The van der Waals surface area contributed by atoms with Gasteiger partial charge in [-0.25, -0.2) is 0 Å². The van der Waals surface area contributed by atoms with Crippen LogP contribution in [0.25, 0.3) is 0 Å². The number of amides is 1. The molecule has 0 aliphatic heterocycles. The highest BCUT2D eigenvalue weighted by Crippen LogP contribution is 2.06. The predicted molar refractivity (Wildman–Crippen MR) is 72.5 cm³/mol. The first-order chi connectivity index (χ1) is 9.15. The SMILES string of the molecule is Cc1cc(CNC(=O)CCc2cn[nH]c2)cnc1C. The summed E-state index contributed by atoms with van der Waals surface area (Å²) in [6.45, 7) is 4.52. The van der Waals surface area contributed by atoms with E-state index in [-0.39, 0.29) is 5.91 Å². The number of aryl methyl sites for hydroxylation is 3.